The van der Waals surface area contributed by atoms with Crippen LogP contribution in [0.3, 0.4) is 0 Å². The number of aromatic nitrogens is 3. The molecule has 0 unspecified atom stereocenters. The number of ether oxygens (including phenoxy) is 7. The summed E-state index contributed by atoms with van der Waals surface area (Å²) in [5, 5.41) is 64.0. The predicted octanol–water partition coefficient (Wildman–Crippen LogP) is 3.55. The Balaban J connectivity index is 1.47. The van der Waals surface area contributed by atoms with Gasteiger partial charge in [0, 0.05) is 69.5 Å². The number of esters is 1. The highest BCUT2D eigenvalue weighted by Crippen LogP contribution is 2.42. The summed E-state index contributed by atoms with van der Waals surface area (Å²) in [6.07, 6.45) is -7.31. The first-order chi connectivity index (χ1) is 32.8. The lowest BCUT2D eigenvalue weighted by atomic mass is 9.74. The van der Waals surface area contributed by atoms with Gasteiger partial charge in [-0.1, -0.05) is 57.2 Å². The first kappa shape index (κ1) is 57.4. The van der Waals surface area contributed by atoms with Gasteiger partial charge >= 0.3 is 5.97 Å². The Hall–Kier alpha value is -3.51. The summed E-state index contributed by atoms with van der Waals surface area (Å²) in [5.74, 6) is -5.25. The summed E-state index contributed by atoms with van der Waals surface area (Å²) in [4.78, 5) is 42.1. The molecule has 0 bridgehead atoms. The molecule has 3 fully saturated rings. The van der Waals surface area contributed by atoms with Crippen molar-refractivity contribution < 1.29 is 73.2 Å². The molecule has 0 radical (unpaired) electrons. The van der Waals surface area contributed by atoms with Crippen LogP contribution in [0.2, 0.25) is 0 Å². The molecule has 1 amide bonds. The van der Waals surface area contributed by atoms with Gasteiger partial charge in [0.25, 0.3) is 0 Å². The van der Waals surface area contributed by atoms with Crippen LogP contribution in [0.4, 0.5) is 0 Å². The molecule has 1 aromatic heterocycles. The van der Waals surface area contributed by atoms with E-state index in [0.717, 1.165) is 11.1 Å². The second kappa shape index (κ2) is 24.0. The maximum Gasteiger partial charge on any atom is 0.311 e. The van der Waals surface area contributed by atoms with Gasteiger partial charge in [0.15, 0.2) is 12.6 Å². The number of hydrogen-bond acceptors (Lipinski definition) is 18. The van der Waals surface area contributed by atoms with Gasteiger partial charge in [0.2, 0.25) is 5.91 Å². The van der Waals surface area contributed by atoms with E-state index in [1.165, 1.54) is 21.1 Å². The SMILES string of the molecule is CC[C@H]1OC(=O)[C@H](C)[C@@H](O[C@@H]2C[C@](C)(OC)[C@H](O)[C@@H](C)O2)[C@@H](C)[C@@H](O[C@H]2O[C@@H](C)C[C@@H](N(C)Cc3ccc(-c4cn(CCCC(=O)NO)nn4)cc3)[C@@H]2O)[C@](C)(OC)C[C@@H](C)C(=O)[C@H](C)[C@H](O)[C@]1(C)O. The molecule has 3 saturated heterocycles. The lowest BCUT2D eigenvalue weighted by Crippen LogP contribution is -2.61. The van der Waals surface area contributed by atoms with E-state index in [1.54, 1.807) is 64.8 Å². The van der Waals surface area contributed by atoms with Crippen LogP contribution in [0, 0.1) is 23.7 Å². The van der Waals surface area contributed by atoms with Crippen molar-refractivity contribution in [1.29, 1.82) is 0 Å². The minimum Gasteiger partial charge on any atom is -0.459 e. The molecular weight excluding hydrogens is 911 g/mol. The van der Waals surface area contributed by atoms with Crippen LogP contribution in [0.25, 0.3) is 11.3 Å². The minimum absolute atomic E-state index is 0.0571. The number of hydrogen-bond donors (Lipinski definition) is 6. The van der Waals surface area contributed by atoms with E-state index < -0.39 is 114 Å². The second-order valence-electron chi connectivity index (χ2n) is 20.8. The molecule has 0 saturated carbocycles. The highest BCUT2D eigenvalue weighted by atomic mass is 16.7. The maximum absolute atomic E-state index is 14.5. The number of ketones is 1. The lowest BCUT2D eigenvalue weighted by molar-refractivity contribution is -0.319. The van der Waals surface area contributed by atoms with Gasteiger partial charge in [-0.15, -0.1) is 5.10 Å². The fourth-order valence-electron chi connectivity index (χ4n) is 10.7. The van der Waals surface area contributed by atoms with Crippen molar-refractivity contribution in [3.8, 4) is 11.3 Å². The molecule has 70 heavy (non-hydrogen) atoms. The predicted molar refractivity (Wildman–Crippen MR) is 253 cm³/mol. The average molecular weight is 992 g/mol. The fourth-order valence-corrected chi connectivity index (χ4v) is 10.7. The zero-order valence-electron chi connectivity index (χ0n) is 43.3. The van der Waals surface area contributed by atoms with E-state index in [1.807, 2.05) is 50.1 Å². The highest BCUT2D eigenvalue weighted by Gasteiger charge is 2.54. The second-order valence-corrected chi connectivity index (χ2v) is 20.8. The zero-order chi connectivity index (χ0) is 52.0. The van der Waals surface area contributed by atoms with Gasteiger partial charge in [0.1, 0.15) is 35.4 Å². The summed E-state index contributed by atoms with van der Waals surface area (Å²) in [6.45, 7) is 17.9. The number of rotatable bonds is 15. The van der Waals surface area contributed by atoms with Crippen molar-refractivity contribution >= 4 is 17.7 Å². The van der Waals surface area contributed by atoms with Gasteiger partial charge in [-0.2, -0.15) is 0 Å². The number of nitrogens with one attached hydrogen (secondary N) is 1. The van der Waals surface area contributed by atoms with Crippen LogP contribution in [0.15, 0.2) is 30.5 Å². The molecule has 4 heterocycles. The Morgan fingerprint density at radius 3 is 2.20 bits per heavy atom. The Morgan fingerprint density at radius 1 is 0.929 bits per heavy atom. The quantitative estimate of drug-likeness (QED) is 0.0847. The Bertz CT molecular complexity index is 2020. The van der Waals surface area contributed by atoms with Gasteiger partial charge in [0.05, 0.1) is 53.8 Å². The number of aryl methyl sites for hydroxylation is 1. The number of aliphatic hydroxyl groups excluding tert-OH is 3. The van der Waals surface area contributed by atoms with E-state index >= 15 is 0 Å². The van der Waals surface area contributed by atoms with Crippen LogP contribution >= 0.6 is 0 Å². The molecule has 18 atom stereocenters. The average Bonchev–Trinajstić information content (AvgIpc) is 3.81. The van der Waals surface area contributed by atoms with E-state index in [0.29, 0.717) is 31.6 Å². The number of carbonyl (C=O) groups is 3. The number of aliphatic hydroxyl groups is 4. The number of carbonyl (C=O) groups excluding carboxylic acids is 3. The van der Waals surface area contributed by atoms with Crippen LogP contribution < -0.4 is 5.48 Å². The van der Waals surface area contributed by atoms with Crippen LogP contribution in [0.5, 0.6) is 0 Å². The smallest absolute Gasteiger partial charge is 0.311 e. The van der Waals surface area contributed by atoms with Crippen molar-refractivity contribution in [2.45, 2.75) is 205 Å². The van der Waals surface area contributed by atoms with Crippen molar-refractivity contribution in [2.75, 3.05) is 21.3 Å². The number of nitrogens with zero attached hydrogens (tertiary/aromatic N) is 4. The first-order valence-corrected chi connectivity index (χ1v) is 24.7. The molecule has 1 aromatic carbocycles. The zero-order valence-corrected chi connectivity index (χ0v) is 43.3. The Kier molecular flexibility index (Phi) is 19.7. The third-order valence-electron chi connectivity index (χ3n) is 15.3. The van der Waals surface area contributed by atoms with E-state index in [2.05, 4.69) is 10.3 Å². The van der Waals surface area contributed by atoms with Crippen LogP contribution in [-0.2, 0) is 60.6 Å². The molecule has 0 spiro atoms. The largest absolute Gasteiger partial charge is 0.459 e. The number of Topliss-reactive ketones (excluding diaryl/α,β-unsaturated/α-hetero) is 1. The van der Waals surface area contributed by atoms with Crippen molar-refractivity contribution in [1.82, 2.24) is 25.4 Å². The number of benzene rings is 1. The summed E-state index contributed by atoms with van der Waals surface area (Å²) >= 11 is 0. The van der Waals surface area contributed by atoms with Gasteiger partial charge < -0.3 is 53.6 Å². The lowest BCUT2D eigenvalue weighted by Gasteiger charge is -2.50. The number of methoxy groups -OCH3 is 2. The van der Waals surface area contributed by atoms with E-state index in [4.69, 9.17) is 38.4 Å². The van der Waals surface area contributed by atoms with Crippen molar-refractivity contribution in [3.05, 3.63) is 36.0 Å². The Labute approximate surface area is 412 Å². The summed E-state index contributed by atoms with van der Waals surface area (Å²) in [5.41, 5.74) is -0.329. The molecule has 3 aliphatic rings. The van der Waals surface area contributed by atoms with Crippen molar-refractivity contribution in [3.63, 3.8) is 0 Å². The molecule has 3 aliphatic heterocycles. The molecular formula is C50H81N5O15. The van der Waals surface area contributed by atoms with Gasteiger partial charge in [-0.25, -0.2) is 5.48 Å². The maximum atomic E-state index is 14.5. The summed E-state index contributed by atoms with van der Waals surface area (Å²) in [7, 11) is 4.91. The van der Waals surface area contributed by atoms with Crippen LogP contribution in [-0.4, -0.2) is 169 Å². The first-order valence-electron chi connectivity index (χ1n) is 24.7. The molecule has 6 N–H and O–H groups in total. The minimum atomic E-state index is -2.01. The number of likely N-dealkylation sites (N-methyl/N-ethyl adjacent to an activating group) is 1. The molecule has 5 rings (SSSR count). The van der Waals surface area contributed by atoms with Gasteiger partial charge in [-0.3, -0.25) is 29.2 Å². The van der Waals surface area contributed by atoms with Gasteiger partial charge in [-0.05, 0) is 79.8 Å². The normalized spacial score (nSPS) is 39.3. The number of hydroxylamine groups is 1. The molecule has 396 valence electrons. The highest BCUT2D eigenvalue weighted by molar-refractivity contribution is 5.83. The molecule has 20 heteroatoms. The van der Waals surface area contributed by atoms with E-state index in [9.17, 15) is 34.8 Å². The monoisotopic (exact) mass is 992 g/mol. The Morgan fingerprint density at radius 2 is 1.59 bits per heavy atom. The van der Waals surface area contributed by atoms with E-state index in [-0.39, 0.29) is 37.6 Å². The van der Waals surface area contributed by atoms with Crippen molar-refractivity contribution in [2.24, 2.45) is 23.7 Å². The fraction of sp³-hybridized carbons (Fsp3) is 0.780. The number of cyclic esters (lactones) is 1. The molecule has 20 nitrogen and oxygen atoms in total. The third-order valence-corrected chi connectivity index (χ3v) is 15.3. The third kappa shape index (κ3) is 13.0. The van der Waals surface area contributed by atoms with Crippen LogP contribution in [0.1, 0.15) is 113 Å². The molecule has 0 aliphatic carbocycles. The summed E-state index contributed by atoms with van der Waals surface area (Å²) in [6, 6.07) is 7.38. The number of amides is 1. The standard InChI is InChI=1S/C50H81N5O15/c1-14-37-50(10,62)43(59)29(4)40(57)27(2)23-49(9,65-13)45(30(5)42(31(6)46(61)68-37)69-39-24-48(8,64-12)44(60)32(7)67-39)70-47-41(58)36(22-28(3)66-47)54(11)25-33-17-19-34(20-18-33)35-26-55(53-51-35)21-15-16-38(56)52-63/h17-20,26-32,36-37,39,41-45,47,58-60,62-63H,14-16,21-25H2,1-13H3,(H,52,56)/t27-,28+,29+,30-,31-,32-,36-,37-,39-,41+,42+,43+,44-,45-,47-,48+,49-,50-/m1/s1. The summed E-state index contributed by atoms with van der Waals surface area (Å²) < 4.78 is 46.4. The molecule has 2 aromatic rings. The topological polar surface area (TPSA) is 263 Å².